The van der Waals surface area contributed by atoms with Crippen molar-refractivity contribution in [3.05, 3.63) is 45.1 Å². The van der Waals surface area contributed by atoms with Crippen LogP contribution in [0.2, 0.25) is 0 Å². The summed E-state index contributed by atoms with van der Waals surface area (Å²) in [6.07, 6.45) is 1.92. The SMILES string of the molecule is Cn1c(=O)n(CC2=Nc3ccccc3OC2(C)C)c(=O)c2[nH]c(N3CCCC(N)C3)nc21. The summed E-state index contributed by atoms with van der Waals surface area (Å²) < 4.78 is 8.68. The van der Waals surface area contributed by atoms with Crippen LogP contribution >= 0.6 is 0 Å². The molecule has 1 aromatic carbocycles. The Morgan fingerprint density at radius 1 is 1.28 bits per heavy atom. The van der Waals surface area contributed by atoms with Gasteiger partial charge >= 0.3 is 5.69 Å². The fourth-order valence-electron chi connectivity index (χ4n) is 4.35. The minimum absolute atomic E-state index is 0.0196. The van der Waals surface area contributed by atoms with E-state index < -0.39 is 16.9 Å². The number of nitrogens with zero attached hydrogens (tertiary/aromatic N) is 5. The molecule has 1 saturated heterocycles. The molecule has 0 spiro atoms. The molecular formula is C22H27N7O3. The highest BCUT2D eigenvalue weighted by Crippen LogP contribution is 2.36. The Labute approximate surface area is 184 Å². The molecule has 2 aliphatic heterocycles. The van der Waals surface area contributed by atoms with Crippen molar-refractivity contribution in [1.82, 2.24) is 19.1 Å². The smallest absolute Gasteiger partial charge is 0.332 e. The molecule has 32 heavy (non-hydrogen) atoms. The molecule has 0 radical (unpaired) electrons. The Kier molecular flexibility index (Phi) is 4.70. The first-order valence-electron chi connectivity index (χ1n) is 10.8. The summed E-state index contributed by atoms with van der Waals surface area (Å²) in [7, 11) is 1.62. The highest BCUT2D eigenvalue weighted by atomic mass is 16.5. The number of aromatic amines is 1. The number of fused-ring (bicyclic) bond motifs is 2. The molecule has 1 atom stereocenters. The quantitative estimate of drug-likeness (QED) is 0.637. The van der Waals surface area contributed by atoms with Gasteiger partial charge in [0, 0.05) is 26.2 Å². The zero-order chi connectivity index (χ0) is 22.6. The van der Waals surface area contributed by atoms with E-state index in [2.05, 4.69) is 9.97 Å². The van der Waals surface area contributed by atoms with Gasteiger partial charge in [0.25, 0.3) is 5.56 Å². The second-order valence-electron chi connectivity index (χ2n) is 8.98. The van der Waals surface area contributed by atoms with E-state index in [0.29, 0.717) is 35.3 Å². The first-order chi connectivity index (χ1) is 15.2. The Hall–Kier alpha value is -3.40. The molecule has 10 heteroatoms. The van der Waals surface area contributed by atoms with Gasteiger partial charge in [-0.3, -0.25) is 13.9 Å². The maximum absolute atomic E-state index is 13.3. The van der Waals surface area contributed by atoms with Gasteiger partial charge in [0.1, 0.15) is 17.0 Å². The zero-order valence-electron chi connectivity index (χ0n) is 18.5. The molecule has 0 bridgehead atoms. The monoisotopic (exact) mass is 437 g/mol. The molecule has 5 rings (SSSR count). The number of hydrogen-bond acceptors (Lipinski definition) is 7. The summed E-state index contributed by atoms with van der Waals surface area (Å²) in [5, 5.41) is 0. The van der Waals surface area contributed by atoms with Crippen LogP contribution in [0.1, 0.15) is 26.7 Å². The Balaban J connectivity index is 1.59. The zero-order valence-corrected chi connectivity index (χ0v) is 18.5. The van der Waals surface area contributed by atoms with Crippen LogP contribution in [0.3, 0.4) is 0 Å². The lowest BCUT2D eigenvalue weighted by atomic mass is 10.00. The molecule has 2 aromatic heterocycles. The van der Waals surface area contributed by atoms with Gasteiger partial charge in [-0.05, 0) is 38.8 Å². The van der Waals surface area contributed by atoms with Crippen molar-refractivity contribution in [3.63, 3.8) is 0 Å². The summed E-state index contributed by atoms with van der Waals surface area (Å²) in [4.78, 5) is 40.9. The third kappa shape index (κ3) is 3.31. The van der Waals surface area contributed by atoms with Crippen LogP contribution in [0.25, 0.3) is 11.2 Å². The van der Waals surface area contributed by atoms with E-state index in [1.165, 1.54) is 9.13 Å². The fraction of sp³-hybridized carbons (Fsp3) is 0.455. The van der Waals surface area contributed by atoms with Gasteiger partial charge in [0.15, 0.2) is 11.2 Å². The molecule has 2 aliphatic rings. The van der Waals surface area contributed by atoms with E-state index in [1.54, 1.807) is 7.05 Å². The number of rotatable bonds is 3. The summed E-state index contributed by atoms with van der Waals surface area (Å²) in [5.74, 6) is 1.24. The van der Waals surface area contributed by atoms with Gasteiger partial charge in [-0.15, -0.1) is 0 Å². The molecule has 0 amide bonds. The van der Waals surface area contributed by atoms with E-state index in [1.807, 2.05) is 43.0 Å². The Morgan fingerprint density at radius 2 is 2.06 bits per heavy atom. The first-order valence-corrected chi connectivity index (χ1v) is 10.8. The lowest BCUT2D eigenvalue weighted by Gasteiger charge is -2.32. The van der Waals surface area contributed by atoms with E-state index in [4.69, 9.17) is 15.5 Å². The normalized spacial score (nSPS) is 20.1. The van der Waals surface area contributed by atoms with Gasteiger partial charge < -0.3 is 20.4 Å². The third-order valence-corrected chi connectivity index (χ3v) is 6.21. The van der Waals surface area contributed by atoms with Crippen LogP contribution in [0.4, 0.5) is 11.6 Å². The van der Waals surface area contributed by atoms with E-state index in [9.17, 15) is 9.59 Å². The predicted molar refractivity (Wildman–Crippen MR) is 123 cm³/mol. The summed E-state index contributed by atoms with van der Waals surface area (Å²) in [5.41, 5.74) is 6.34. The second-order valence-corrected chi connectivity index (χ2v) is 8.98. The predicted octanol–water partition coefficient (Wildman–Crippen LogP) is 1.29. The maximum atomic E-state index is 13.3. The fourth-order valence-corrected chi connectivity index (χ4v) is 4.35. The van der Waals surface area contributed by atoms with E-state index in [-0.39, 0.29) is 18.1 Å². The summed E-state index contributed by atoms with van der Waals surface area (Å²) >= 11 is 0. The Morgan fingerprint density at radius 3 is 2.84 bits per heavy atom. The number of aryl methyl sites for hydroxylation is 1. The molecule has 3 aromatic rings. The summed E-state index contributed by atoms with van der Waals surface area (Å²) in [6, 6.07) is 7.52. The van der Waals surface area contributed by atoms with E-state index in [0.717, 1.165) is 19.4 Å². The van der Waals surface area contributed by atoms with Crippen LogP contribution in [-0.2, 0) is 13.6 Å². The number of imidazole rings is 1. The highest BCUT2D eigenvalue weighted by Gasteiger charge is 2.33. The van der Waals surface area contributed by atoms with Gasteiger partial charge in [0.2, 0.25) is 5.95 Å². The van der Waals surface area contributed by atoms with Crippen molar-refractivity contribution in [2.75, 3.05) is 18.0 Å². The van der Waals surface area contributed by atoms with Crippen molar-refractivity contribution in [2.45, 2.75) is 44.9 Å². The number of H-pyrrole nitrogens is 1. The van der Waals surface area contributed by atoms with E-state index >= 15 is 0 Å². The number of aliphatic imine (C=N–C) groups is 1. The second kappa shape index (κ2) is 7.33. The number of piperidine rings is 1. The number of nitrogens with two attached hydrogens (primary N) is 1. The lowest BCUT2D eigenvalue weighted by molar-refractivity contribution is 0.175. The van der Waals surface area contributed by atoms with Crippen molar-refractivity contribution in [1.29, 1.82) is 0 Å². The number of hydrogen-bond donors (Lipinski definition) is 2. The molecule has 10 nitrogen and oxygen atoms in total. The number of benzene rings is 1. The molecule has 3 N–H and O–H groups in total. The largest absolute Gasteiger partial charge is 0.480 e. The van der Waals surface area contributed by atoms with Crippen LogP contribution in [-0.4, -0.2) is 49.5 Å². The molecule has 0 aliphatic carbocycles. The van der Waals surface area contributed by atoms with Crippen molar-refractivity contribution < 1.29 is 4.74 Å². The number of anilines is 1. The highest BCUT2D eigenvalue weighted by molar-refractivity contribution is 5.96. The minimum Gasteiger partial charge on any atom is -0.480 e. The van der Waals surface area contributed by atoms with Gasteiger partial charge in [-0.2, -0.15) is 4.98 Å². The van der Waals surface area contributed by atoms with Crippen molar-refractivity contribution in [2.24, 2.45) is 17.8 Å². The molecular weight excluding hydrogens is 410 g/mol. The number of nitrogens with one attached hydrogen (secondary N) is 1. The average molecular weight is 438 g/mol. The number of aromatic nitrogens is 4. The third-order valence-electron chi connectivity index (χ3n) is 6.21. The molecule has 168 valence electrons. The van der Waals surface area contributed by atoms with Crippen molar-refractivity contribution in [3.8, 4) is 5.75 Å². The topological polar surface area (TPSA) is 124 Å². The average Bonchev–Trinajstić information content (AvgIpc) is 3.21. The van der Waals surface area contributed by atoms with Gasteiger partial charge in [0.05, 0.1) is 12.3 Å². The maximum Gasteiger partial charge on any atom is 0.332 e. The molecule has 1 fully saturated rings. The van der Waals surface area contributed by atoms with Crippen molar-refractivity contribution >= 4 is 28.5 Å². The van der Waals surface area contributed by atoms with Crippen LogP contribution < -0.4 is 26.6 Å². The standard InChI is InChI=1S/C22H27N7O3/c1-22(2)16(24-14-8-4-5-9-15(14)32-22)12-29-19(30)17-18(27(3)21(29)31)26-20(25-17)28-10-6-7-13(23)11-28/h4-5,8-9,13H,6-7,10-12,23H2,1-3H3,(H,25,26). The number of para-hydroxylation sites is 2. The molecule has 4 heterocycles. The number of ether oxygens (including phenoxy) is 1. The lowest BCUT2D eigenvalue weighted by Crippen LogP contribution is -2.48. The first kappa shape index (κ1) is 20.5. The van der Waals surface area contributed by atoms with Crippen LogP contribution in [0.15, 0.2) is 38.8 Å². The van der Waals surface area contributed by atoms with Gasteiger partial charge in [-0.25, -0.2) is 9.79 Å². The molecule has 0 saturated carbocycles. The van der Waals surface area contributed by atoms with Crippen LogP contribution in [0.5, 0.6) is 5.75 Å². The van der Waals surface area contributed by atoms with Gasteiger partial charge in [-0.1, -0.05) is 12.1 Å². The van der Waals surface area contributed by atoms with Crippen LogP contribution in [0, 0.1) is 0 Å². The Bertz CT molecular complexity index is 1350. The molecule has 1 unspecified atom stereocenters. The minimum atomic E-state index is -0.767. The summed E-state index contributed by atoms with van der Waals surface area (Å²) in [6.45, 7) is 5.24.